The fourth-order valence-corrected chi connectivity index (χ4v) is 2.27. The van der Waals surface area contributed by atoms with Crippen molar-refractivity contribution in [2.45, 2.75) is 31.7 Å². The maximum atomic E-state index is 4.11. The standard InChI is InChI=1S/C11H19N3/c1-5-14-10(8-13(14)4)11(6-7-11)9(2)12-3/h8,12H,2,5-7H2,1,3-4H3. The van der Waals surface area contributed by atoms with Gasteiger partial charge >= 0.3 is 0 Å². The molecular formula is C11H19N3. The summed E-state index contributed by atoms with van der Waals surface area (Å²) in [6.45, 7) is 7.33. The number of nitrogens with zero attached hydrogens (tertiary/aromatic N) is 2. The molecule has 0 radical (unpaired) electrons. The van der Waals surface area contributed by atoms with E-state index < -0.39 is 0 Å². The van der Waals surface area contributed by atoms with Crippen molar-refractivity contribution < 1.29 is 0 Å². The third kappa shape index (κ3) is 1.04. The Kier molecular flexibility index (Phi) is 1.98. The van der Waals surface area contributed by atoms with Gasteiger partial charge in [0.1, 0.15) is 0 Å². The summed E-state index contributed by atoms with van der Waals surface area (Å²) in [5.74, 6) is 0. The Balaban J connectivity index is 2.28. The normalized spacial score (nSPS) is 18.2. The van der Waals surface area contributed by atoms with Crippen molar-refractivity contribution in [3.05, 3.63) is 24.2 Å². The van der Waals surface area contributed by atoms with Crippen LogP contribution in [0.2, 0.25) is 0 Å². The predicted molar refractivity (Wildman–Crippen MR) is 58.2 cm³/mol. The fourth-order valence-electron chi connectivity index (χ4n) is 2.27. The van der Waals surface area contributed by atoms with Crippen LogP contribution >= 0.6 is 0 Å². The number of aryl methyl sites for hydroxylation is 1. The van der Waals surface area contributed by atoms with Gasteiger partial charge in [-0.1, -0.05) is 6.58 Å². The molecule has 0 unspecified atom stereocenters. The summed E-state index contributed by atoms with van der Waals surface area (Å²) in [5, 5.41) is 3.20. The molecule has 2 rings (SSSR count). The molecule has 1 aromatic heterocycles. The lowest BCUT2D eigenvalue weighted by Crippen LogP contribution is -2.32. The molecule has 0 saturated heterocycles. The predicted octanol–water partition coefficient (Wildman–Crippen LogP) is 1.61. The van der Waals surface area contributed by atoms with E-state index >= 15 is 0 Å². The third-order valence-electron chi connectivity index (χ3n) is 3.39. The van der Waals surface area contributed by atoms with Gasteiger partial charge in [-0.2, -0.15) is 0 Å². The summed E-state index contributed by atoms with van der Waals surface area (Å²) in [6, 6.07) is 0. The molecule has 3 nitrogen and oxygen atoms in total. The minimum absolute atomic E-state index is 0.247. The molecule has 1 aliphatic rings. The van der Waals surface area contributed by atoms with Crippen molar-refractivity contribution in [1.29, 1.82) is 0 Å². The molecule has 1 aliphatic carbocycles. The lowest BCUT2D eigenvalue weighted by Gasteiger charge is -2.29. The van der Waals surface area contributed by atoms with E-state index in [0.29, 0.717) is 0 Å². The Morgan fingerprint density at radius 2 is 2.29 bits per heavy atom. The van der Waals surface area contributed by atoms with E-state index in [0.717, 1.165) is 12.2 Å². The van der Waals surface area contributed by atoms with E-state index in [2.05, 4.69) is 41.4 Å². The molecular weight excluding hydrogens is 174 g/mol. The zero-order valence-corrected chi connectivity index (χ0v) is 9.30. The number of likely N-dealkylation sites (N-methyl/N-ethyl adjacent to an activating group) is 1. The second kappa shape index (κ2) is 2.94. The number of aromatic nitrogens is 2. The van der Waals surface area contributed by atoms with Crippen molar-refractivity contribution in [3.8, 4) is 0 Å². The Bertz CT molecular complexity index is 352. The maximum absolute atomic E-state index is 4.11. The van der Waals surface area contributed by atoms with E-state index in [-0.39, 0.29) is 5.41 Å². The van der Waals surface area contributed by atoms with E-state index in [1.807, 2.05) is 7.05 Å². The topological polar surface area (TPSA) is 21.9 Å². The van der Waals surface area contributed by atoms with Crippen LogP contribution in [-0.4, -0.2) is 16.4 Å². The highest BCUT2D eigenvalue weighted by atomic mass is 15.4. The average Bonchev–Trinajstić information content (AvgIpc) is 2.94. The first-order valence-corrected chi connectivity index (χ1v) is 5.25. The smallest absolute Gasteiger partial charge is 0.0645 e. The molecule has 0 aromatic carbocycles. The van der Waals surface area contributed by atoms with E-state index in [1.54, 1.807) is 0 Å². The van der Waals surface area contributed by atoms with Gasteiger partial charge < -0.3 is 5.32 Å². The van der Waals surface area contributed by atoms with Gasteiger partial charge in [0.05, 0.1) is 11.1 Å². The first kappa shape index (κ1) is 9.44. The zero-order chi connectivity index (χ0) is 10.3. The van der Waals surface area contributed by atoms with Crippen LogP contribution < -0.4 is 5.32 Å². The lowest BCUT2D eigenvalue weighted by atomic mass is 9.98. The quantitative estimate of drug-likeness (QED) is 0.771. The van der Waals surface area contributed by atoms with Gasteiger partial charge in [-0.05, 0) is 19.8 Å². The van der Waals surface area contributed by atoms with Gasteiger partial charge in [0.2, 0.25) is 0 Å². The zero-order valence-electron chi connectivity index (χ0n) is 9.30. The number of rotatable bonds is 4. The summed E-state index contributed by atoms with van der Waals surface area (Å²) >= 11 is 0. The van der Waals surface area contributed by atoms with Gasteiger partial charge in [0, 0.05) is 32.5 Å². The summed E-state index contributed by atoms with van der Waals surface area (Å²) in [5.41, 5.74) is 2.84. The molecule has 1 heterocycles. The van der Waals surface area contributed by atoms with Gasteiger partial charge in [-0.3, -0.25) is 9.36 Å². The molecule has 1 aromatic rings. The number of hydrogen-bond acceptors (Lipinski definition) is 1. The van der Waals surface area contributed by atoms with Gasteiger partial charge in [0.25, 0.3) is 0 Å². The Hall–Kier alpha value is -1.12. The first-order chi connectivity index (χ1) is 6.65. The van der Waals surface area contributed by atoms with E-state index in [9.17, 15) is 0 Å². The first-order valence-electron chi connectivity index (χ1n) is 5.25. The summed E-state index contributed by atoms with van der Waals surface area (Å²) in [6.07, 6.45) is 4.70. The molecule has 0 aliphatic heterocycles. The molecule has 0 amide bonds. The number of hydrogen-bond donors (Lipinski definition) is 1. The fraction of sp³-hybridized carbons (Fsp3) is 0.636. The molecule has 14 heavy (non-hydrogen) atoms. The molecule has 0 bridgehead atoms. The number of allylic oxidation sites excluding steroid dienone is 1. The van der Waals surface area contributed by atoms with E-state index in [1.165, 1.54) is 18.5 Å². The van der Waals surface area contributed by atoms with Gasteiger partial charge in [-0.15, -0.1) is 0 Å². The van der Waals surface area contributed by atoms with Crippen LogP contribution in [0.25, 0.3) is 0 Å². The van der Waals surface area contributed by atoms with Crippen LogP contribution in [0.4, 0.5) is 0 Å². The van der Waals surface area contributed by atoms with Crippen LogP contribution in [0.3, 0.4) is 0 Å². The highest BCUT2D eigenvalue weighted by Gasteiger charge is 2.49. The SMILES string of the molecule is C=C(NC)C1(c2cn(C)n2CC)CC1. The molecule has 1 saturated carbocycles. The van der Waals surface area contributed by atoms with Gasteiger partial charge in [-0.25, -0.2) is 0 Å². The van der Waals surface area contributed by atoms with Crippen LogP contribution in [0.5, 0.6) is 0 Å². The van der Waals surface area contributed by atoms with Crippen molar-refractivity contribution in [2.24, 2.45) is 7.05 Å². The van der Waals surface area contributed by atoms with Crippen molar-refractivity contribution in [1.82, 2.24) is 14.7 Å². The highest BCUT2D eigenvalue weighted by Crippen LogP contribution is 2.52. The Morgan fingerprint density at radius 3 is 2.64 bits per heavy atom. The minimum atomic E-state index is 0.247. The number of nitrogens with one attached hydrogen (secondary N) is 1. The van der Waals surface area contributed by atoms with Crippen LogP contribution in [0, 0.1) is 0 Å². The highest BCUT2D eigenvalue weighted by molar-refractivity contribution is 5.36. The largest absolute Gasteiger partial charge is 0.391 e. The van der Waals surface area contributed by atoms with E-state index in [4.69, 9.17) is 0 Å². The second-order valence-electron chi connectivity index (χ2n) is 4.11. The average molecular weight is 193 g/mol. The maximum Gasteiger partial charge on any atom is 0.0645 e. The lowest BCUT2D eigenvalue weighted by molar-refractivity contribution is 0.418. The second-order valence-corrected chi connectivity index (χ2v) is 4.11. The molecule has 0 atom stereocenters. The molecule has 3 heteroatoms. The minimum Gasteiger partial charge on any atom is -0.391 e. The van der Waals surface area contributed by atoms with Crippen LogP contribution in [-0.2, 0) is 19.0 Å². The molecule has 1 N–H and O–H groups in total. The van der Waals surface area contributed by atoms with Crippen molar-refractivity contribution in [2.75, 3.05) is 7.05 Å². The summed E-state index contributed by atoms with van der Waals surface area (Å²) in [7, 11) is 4.05. The monoisotopic (exact) mass is 193 g/mol. The summed E-state index contributed by atoms with van der Waals surface area (Å²) in [4.78, 5) is 0. The van der Waals surface area contributed by atoms with Gasteiger partial charge in [0.15, 0.2) is 0 Å². The van der Waals surface area contributed by atoms with Crippen molar-refractivity contribution >= 4 is 0 Å². The van der Waals surface area contributed by atoms with Crippen LogP contribution in [0.1, 0.15) is 25.5 Å². The molecule has 78 valence electrons. The molecule has 1 fully saturated rings. The Morgan fingerprint density at radius 1 is 1.64 bits per heavy atom. The Labute approximate surface area is 85.4 Å². The third-order valence-corrected chi connectivity index (χ3v) is 3.39. The van der Waals surface area contributed by atoms with Crippen LogP contribution in [0.15, 0.2) is 18.5 Å². The summed E-state index contributed by atoms with van der Waals surface area (Å²) < 4.78 is 4.47. The van der Waals surface area contributed by atoms with Crippen molar-refractivity contribution in [3.63, 3.8) is 0 Å². The molecule has 0 spiro atoms.